The van der Waals surface area contributed by atoms with Gasteiger partial charge >= 0.3 is 0 Å². The topological polar surface area (TPSA) is 69.4 Å². The van der Waals surface area contributed by atoms with Gasteiger partial charge in [-0.3, -0.25) is 9.55 Å². The molecule has 122 valence electrons. The molecule has 0 aliphatic carbocycles. The summed E-state index contributed by atoms with van der Waals surface area (Å²) in [5.41, 5.74) is 0.969. The summed E-state index contributed by atoms with van der Waals surface area (Å²) < 4.78 is 2.02. The Hall–Kier alpha value is -2.54. The van der Waals surface area contributed by atoms with Gasteiger partial charge in [0, 0.05) is 36.6 Å². The summed E-state index contributed by atoms with van der Waals surface area (Å²) >= 11 is 1.48. The van der Waals surface area contributed by atoms with Crippen molar-refractivity contribution in [2.45, 2.75) is 36.5 Å². The highest BCUT2D eigenvalue weighted by molar-refractivity contribution is 7.99. The molecular formula is C17H18N6S. The highest BCUT2D eigenvalue weighted by atomic mass is 32.2. The maximum atomic E-state index is 4.59. The molecule has 0 N–H and O–H groups in total. The number of pyridine rings is 1. The molecule has 0 fully saturated rings. The molecule has 0 aliphatic rings. The summed E-state index contributed by atoms with van der Waals surface area (Å²) in [4.78, 5) is 12.9. The Morgan fingerprint density at radius 2 is 1.96 bits per heavy atom. The van der Waals surface area contributed by atoms with Gasteiger partial charge in [-0.05, 0) is 30.0 Å². The molecule has 3 aromatic heterocycles. The van der Waals surface area contributed by atoms with Crippen LogP contribution in [0.3, 0.4) is 0 Å². The molecule has 3 rings (SSSR count). The second-order valence-electron chi connectivity index (χ2n) is 5.45. The first-order valence-electron chi connectivity index (χ1n) is 7.64. The maximum absolute atomic E-state index is 4.59. The van der Waals surface area contributed by atoms with Gasteiger partial charge in [-0.1, -0.05) is 19.9 Å². The van der Waals surface area contributed by atoms with Crippen molar-refractivity contribution in [1.82, 2.24) is 29.7 Å². The summed E-state index contributed by atoms with van der Waals surface area (Å²) in [5, 5.41) is 10.3. The Kier molecular flexibility index (Phi) is 5.00. The van der Waals surface area contributed by atoms with Gasteiger partial charge in [0.2, 0.25) is 0 Å². The molecule has 0 saturated heterocycles. The Balaban J connectivity index is 1.95. The number of hydrogen-bond donors (Lipinski definition) is 0. The number of hydrogen-bond acceptors (Lipinski definition) is 6. The maximum Gasteiger partial charge on any atom is 0.198 e. The quantitative estimate of drug-likeness (QED) is 0.505. The molecule has 0 unspecified atom stereocenters. The third-order valence-corrected chi connectivity index (χ3v) is 4.25. The van der Waals surface area contributed by atoms with Crippen LogP contribution >= 0.6 is 11.8 Å². The first kappa shape index (κ1) is 16.3. The second kappa shape index (κ2) is 7.35. The van der Waals surface area contributed by atoms with Crippen LogP contribution in [0, 0.1) is 0 Å². The molecule has 7 heteroatoms. The van der Waals surface area contributed by atoms with Gasteiger partial charge in [0.1, 0.15) is 10.9 Å². The molecule has 3 aromatic rings. The largest absolute Gasteiger partial charge is 0.298 e. The molecule has 0 atom stereocenters. The third kappa shape index (κ3) is 3.51. The van der Waals surface area contributed by atoms with Crippen LogP contribution < -0.4 is 0 Å². The first-order valence-corrected chi connectivity index (χ1v) is 8.46. The fourth-order valence-corrected chi connectivity index (χ4v) is 2.97. The van der Waals surface area contributed by atoms with E-state index >= 15 is 0 Å². The number of rotatable bonds is 6. The van der Waals surface area contributed by atoms with Crippen molar-refractivity contribution in [3.05, 3.63) is 55.3 Å². The van der Waals surface area contributed by atoms with Crippen molar-refractivity contribution in [3.8, 4) is 11.4 Å². The molecule has 3 heterocycles. The van der Waals surface area contributed by atoms with Crippen molar-refractivity contribution in [1.29, 1.82) is 0 Å². The van der Waals surface area contributed by atoms with Gasteiger partial charge in [0.05, 0.1) is 0 Å². The molecule has 0 saturated carbocycles. The van der Waals surface area contributed by atoms with Crippen LogP contribution in [-0.2, 0) is 6.54 Å². The Bertz CT molecular complexity index is 828. The summed E-state index contributed by atoms with van der Waals surface area (Å²) in [7, 11) is 0. The molecular weight excluding hydrogens is 320 g/mol. The van der Waals surface area contributed by atoms with Gasteiger partial charge in [0.15, 0.2) is 11.0 Å². The minimum absolute atomic E-state index is 0.281. The van der Waals surface area contributed by atoms with E-state index in [1.54, 1.807) is 18.6 Å². The lowest BCUT2D eigenvalue weighted by Gasteiger charge is -2.08. The van der Waals surface area contributed by atoms with Gasteiger partial charge in [-0.2, -0.15) is 0 Å². The van der Waals surface area contributed by atoms with Gasteiger partial charge in [0.25, 0.3) is 0 Å². The standard InChI is InChI=1S/C17H18N6S/c1-4-11-23-16(13-5-8-18-9-6-13)21-22-17(23)24-14-7-10-19-15(20-14)12(2)3/h4-10,12H,1,11H2,2-3H3. The van der Waals surface area contributed by atoms with E-state index in [9.17, 15) is 0 Å². The van der Waals surface area contributed by atoms with Crippen LogP contribution in [0.2, 0.25) is 0 Å². The summed E-state index contributed by atoms with van der Waals surface area (Å²) in [6.07, 6.45) is 7.10. The Labute approximate surface area is 145 Å². The van der Waals surface area contributed by atoms with E-state index in [1.807, 2.05) is 28.8 Å². The summed E-state index contributed by atoms with van der Waals surface area (Å²) in [6.45, 7) is 8.60. The fourth-order valence-electron chi connectivity index (χ4n) is 2.16. The van der Waals surface area contributed by atoms with Crippen LogP contribution in [0.5, 0.6) is 0 Å². The van der Waals surface area contributed by atoms with Crippen molar-refractivity contribution < 1.29 is 0 Å². The van der Waals surface area contributed by atoms with E-state index in [0.29, 0.717) is 6.54 Å². The average molecular weight is 338 g/mol. The minimum atomic E-state index is 0.281. The molecule has 0 radical (unpaired) electrons. The van der Waals surface area contributed by atoms with Crippen molar-refractivity contribution in [2.75, 3.05) is 0 Å². The normalized spacial score (nSPS) is 11.0. The smallest absolute Gasteiger partial charge is 0.198 e. The predicted octanol–water partition coefficient (Wildman–Crippen LogP) is 3.59. The first-order chi connectivity index (χ1) is 11.7. The van der Waals surface area contributed by atoms with Crippen LogP contribution in [0.15, 0.2) is 59.6 Å². The Morgan fingerprint density at radius 3 is 2.67 bits per heavy atom. The zero-order valence-electron chi connectivity index (χ0n) is 13.6. The van der Waals surface area contributed by atoms with E-state index in [4.69, 9.17) is 0 Å². The number of allylic oxidation sites excluding steroid dienone is 1. The zero-order valence-corrected chi connectivity index (χ0v) is 14.4. The molecule has 0 spiro atoms. The Morgan fingerprint density at radius 1 is 1.17 bits per heavy atom. The highest BCUT2D eigenvalue weighted by Gasteiger charge is 2.15. The van der Waals surface area contributed by atoms with E-state index in [2.05, 4.69) is 45.6 Å². The van der Waals surface area contributed by atoms with E-state index in [0.717, 1.165) is 27.4 Å². The van der Waals surface area contributed by atoms with Crippen LogP contribution in [0.4, 0.5) is 0 Å². The lowest BCUT2D eigenvalue weighted by Crippen LogP contribution is -2.02. The van der Waals surface area contributed by atoms with Crippen LogP contribution in [0.25, 0.3) is 11.4 Å². The van der Waals surface area contributed by atoms with Crippen molar-refractivity contribution in [3.63, 3.8) is 0 Å². The molecule has 6 nitrogen and oxygen atoms in total. The van der Waals surface area contributed by atoms with Gasteiger partial charge < -0.3 is 0 Å². The number of nitrogens with zero attached hydrogens (tertiary/aromatic N) is 6. The lowest BCUT2D eigenvalue weighted by atomic mass is 10.2. The SMILES string of the molecule is C=CCn1c(Sc2ccnc(C(C)C)n2)nnc1-c1ccncc1. The zero-order chi connectivity index (χ0) is 16.9. The lowest BCUT2D eigenvalue weighted by molar-refractivity contribution is 0.725. The van der Waals surface area contributed by atoms with E-state index < -0.39 is 0 Å². The van der Waals surface area contributed by atoms with E-state index in [-0.39, 0.29) is 5.92 Å². The van der Waals surface area contributed by atoms with Crippen molar-refractivity contribution >= 4 is 11.8 Å². The molecule has 0 aromatic carbocycles. The minimum Gasteiger partial charge on any atom is -0.298 e. The monoisotopic (exact) mass is 338 g/mol. The second-order valence-corrected chi connectivity index (χ2v) is 6.44. The fraction of sp³-hybridized carbons (Fsp3) is 0.235. The van der Waals surface area contributed by atoms with Crippen LogP contribution in [-0.4, -0.2) is 29.7 Å². The highest BCUT2D eigenvalue weighted by Crippen LogP contribution is 2.28. The van der Waals surface area contributed by atoms with Gasteiger partial charge in [-0.15, -0.1) is 16.8 Å². The molecule has 0 amide bonds. The number of aromatic nitrogens is 6. The predicted molar refractivity (Wildman–Crippen MR) is 93.7 cm³/mol. The molecule has 24 heavy (non-hydrogen) atoms. The van der Waals surface area contributed by atoms with E-state index in [1.165, 1.54) is 11.8 Å². The van der Waals surface area contributed by atoms with Crippen molar-refractivity contribution in [2.24, 2.45) is 0 Å². The summed E-state index contributed by atoms with van der Waals surface area (Å²) in [6, 6.07) is 5.72. The molecule has 0 aliphatic heterocycles. The van der Waals surface area contributed by atoms with Gasteiger partial charge in [-0.25, -0.2) is 9.97 Å². The third-order valence-electron chi connectivity index (χ3n) is 3.33. The molecule has 0 bridgehead atoms. The average Bonchev–Trinajstić information content (AvgIpc) is 2.99. The van der Waals surface area contributed by atoms with Crippen LogP contribution in [0.1, 0.15) is 25.6 Å². The summed E-state index contributed by atoms with van der Waals surface area (Å²) in [5.74, 6) is 1.89.